The van der Waals surface area contributed by atoms with Crippen LogP contribution in [-0.2, 0) is 14.6 Å². The smallest absolute Gasteiger partial charge is 0.200 e. The minimum Gasteiger partial charge on any atom is -0.381 e. The third-order valence-corrected chi connectivity index (χ3v) is 7.06. The molecule has 0 amide bonds. The Morgan fingerprint density at radius 1 is 1.22 bits per heavy atom. The summed E-state index contributed by atoms with van der Waals surface area (Å²) in [5.41, 5.74) is 0.874. The molecule has 0 bridgehead atoms. The third kappa shape index (κ3) is 3.69. The molecule has 5 nitrogen and oxygen atoms in total. The highest BCUT2D eigenvalue weighted by Crippen LogP contribution is 2.38. The van der Waals surface area contributed by atoms with E-state index in [0.29, 0.717) is 12.1 Å². The largest absolute Gasteiger partial charge is 0.381 e. The number of sulfone groups is 1. The van der Waals surface area contributed by atoms with E-state index in [4.69, 9.17) is 4.74 Å². The van der Waals surface area contributed by atoms with Crippen molar-refractivity contribution < 1.29 is 13.2 Å². The molecule has 1 aliphatic heterocycles. The average Bonchev–Trinajstić information content (AvgIpc) is 3.31. The molecule has 3 rings (SSSR count). The highest BCUT2D eigenvalue weighted by molar-refractivity contribution is 7.92. The summed E-state index contributed by atoms with van der Waals surface area (Å²) in [6.45, 7) is 5.87. The second-order valence-corrected chi connectivity index (χ2v) is 10.3. The fraction of sp³-hybridized carbons (Fsp3) is 0.706. The lowest BCUT2D eigenvalue weighted by Gasteiger charge is -2.30. The lowest BCUT2D eigenvalue weighted by Crippen LogP contribution is -2.35. The first-order chi connectivity index (χ1) is 10.8. The Morgan fingerprint density at radius 3 is 2.52 bits per heavy atom. The van der Waals surface area contributed by atoms with Gasteiger partial charge in [-0.25, -0.2) is 13.4 Å². The van der Waals surface area contributed by atoms with Gasteiger partial charge in [0.05, 0.1) is 22.7 Å². The number of nitrogens with zero attached hydrogens (tertiary/aromatic N) is 1. The molecule has 1 saturated heterocycles. The van der Waals surface area contributed by atoms with Gasteiger partial charge in [-0.15, -0.1) is 0 Å². The monoisotopic (exact) mass is 338 g/mol. The number of nitrogens with one attached hydrogen (secondary N) is 1. The summed E-state index contributed by atoms with van der Waals surface area (Å²) < 4.78 is 29.8. The first-order valence-electron chi connectivity index (χ1n) is 8.36. The van der Waals surface area contributed by atoms with Gasteiger partial charge in [0, 0.05) is 12.6 Å². The van der Waals surface area contributed by atoms with Crippen LogP contribution in [0.3, 0.4) is 0 Å². The van der Waals surface area contributed by atoms with Crippen molar-refractivity contribution in [3.63, 3.8) is 0 Å². The molecule has 2 heterocycles. The van der Waals surface area contributed by atoms with Crippen molar-refractivity contribution >= 4 is 15.5 Å². The molecule has 1 aromatic heterocycles. The van der Waals surface area contributed by atoms with Gasteiger partial charge in [0.15, 0.2) is 14.9 Å². The van der Waals surface area contributed by atoms with Gasteiger partial charge in [0.1, 0.15) is 0 Å². The van der Waals surface area contributed by atoms with Crippen molar-refractivity contribution in [1.82, 2.24) is 4.98 Å². The molecular formula is C17H26N2O3S. The van der Waals surface area contributed by atoms with Gasteiger partial charge in [-0.1, -0.05) is 0 Å². The minimum absolute atomic E-state index is 0.137. The van der Waals surface area contributed by atoms with Gasteiger partial charge in [-0.2, -0.15) is 0 Å². The summed E-state index contributed by atoms with van der Waals surface area (Å²) in [5, 5.41) is 3.61. The third-order valence-electron chi connectivity index (χ3n) is 4.65. The van der Waals surface area contributed by atoms with Gasteiger partial charge in [0.2, 0.25) is 0 Å². The molecule has 0 spiro atoms. The minimum atomic E-state index is -3.40. The summed E-state index contributed by atoms with van der Waals surface area (Å²) in [4.78, 5) is 4.17. The van der Waals surface area contributed by atoms with E-state index >= 15 is 0 Å². The van der Waals surface area contributed by atoms with E-state index < -0.39 is 14.6 Å². The summed E-state index contributed by atoms with van der Waals surface area (Å²) in [7, 11) is -3.40. The molecule has 6 heteroatoms. The van der Waals surface area contributed by atoms with Gasteiger partial charge >= 0.3 is 0 Å². The second kappa shape index (κ2) is 6.06. The van der Waals surface area contributed by atoms with Crippen LogP contribution in [0.1, 0.15) is 46.5 Å². The molecule has 0 radical (unpaired) electrons. The number of aromatic nitrogens is 1. The van der Waals surface area contributed by atoms with E-state index in [2.05, 4.69) is 10.3 Å². The fourth-order valence-corrected chi connectivity index (χ4v) is 4.00. The van der Waals surface area contributed by atoms with E-state index in [1.165, 1.54) is 12.8 Å². The average molecular weight is 338 g/mol. The number of hydrogen-bond donors (Lipinski definition) is 1. The number of ether oxygens (including phenoxy) is 1. The van der Waals surface area contributed by atoms with Crippen LogP contribution < -0.4 is 5.32 Å². The van der Waals surface area contributed by atoms with Gasteiger partial charge in [-0.05, 0) is 64.5 Å². The summed E-state index contributed by atoms with van der Waals surface area (Å²) in [6.07, 6.45) is 6.59. The molecule has 2 aliphatic rings. The molecule has 1 aliphatic carbocycles. The predicted molar refractivity (Wildman–Crippen MR) is 90.3 cm³/mol. The van der Waals surface area contributed by atoms with Crippen molar-refractivity contribution in [2.45, 2.75) is 68.4 Å². The zero-order chi connectivity index (χ0) is 16.7. The fourth-order valence-electron chi connectivity index (χ4n) is 2.93. The van der Waals surface area contributed by atoms with E-state index in [1.807, 2.05) is 6.07 Å². The van der Waals surface area contributed by atoms with E-state index in [0.717, 1.165) is 31.1 Å². The predicted octanol–water partition coefficient (Wildman–Crippen LogP) is 3.02. The summed E-state index contributed by atoms with van der Waals surface area (Å²) >= 11 is 0. The summed E-state index contributed by atoms with van der Waals surface area (Å²) in [5.74, 6) is 0.747. The molecule has 2 unspecified atom stereocenters. The van der Waals surface area contributed by atoms with Crippen LogP contribution >= 0.6 is 0 Å². The lowest BCUT2D eigenvalue weighted by atomic mass is 10.00. The van der Waals surface area contributed by atoms with Gasteiger partial charge < -0.3 is 10.1 Å². The Bertz CT molecular complexity index is 645. The van der Waals surface area contributed by atoms with Crippen LogP contribution in [0, 0.1) is 5.92 Å². The number of rotatable bonds is 4. The topological polar surface area (TPSA) is 68.3 Å². The zero-order valence-corrected chi connectivity index (χ0v) is 14.9. The van der Waals surface area contributed by atoms with Crippen molar-refractivity contribution in [2.24, 2.45) is 5.92 Å². The molecule has 0 aromatic carbocycles. The van der Waals surface area contributed by atoms with Crippen LogP contribution in [0.2, 0.25) is 0 Å². The second-order valence-electron chi connectivity index (χ2n) is 7.61. The first-order valence-corrected chi connectivity index (χ1v) is 9.84. The van der Waals surface area contributed by atoms with Gasteiger partial charge in [0.25, 0.3) is 0 Å². The van der Waals surface area contributed by atoms with Crippen molar-refractivity contribution in [3.8, 4) is 0 Å². The maximum atomic E-state index is 12.4. The Labute approximate surface area is 138 Å². The van der Waals surface area contributed by atoms with Crippen LogP contribution in [0.5, 0.6) is 0 Å². The molecular weight excluding hydrogens is 312 g/mol. The Morgan fingerprint density at radius 2 is 1.96 bits per heavy atom. The molecule has 1 aromatic rings. The number of hydrogen-bond acceptors (Lipinski definition) is 5. The number of anilines is 1. The van der Waals surface area contributed by atoms with Crippen LogP contribution in [0.4, 0.5) is 5.69 Å². The Balaban J connectivity index is 1.66. The van der Waals surface area contributed by atoms with Crippen molar-refractivity contribution in [3.05, 3.63) is 18.3 Å². The van der Waals surface area contributed by atoms with Crippen molar-refractivity contribution in [1.29, 1.82) is 0 Å². The Kier molecular flexibility index (Phi) is 4.40. The Hall–Kier alpha value is -1.14. The van der Waals surface area contributed by atoms with E-state index in [1.54, 1.807) is 33.0 Å². The molecule has 2 atom stereocenters. The quantitative estimate of drug-likeness (QED) is 0.914. The summed E-state index contributed by atoms with van der Waals surface area (Å²) in [6, 6.07) is 3.79. The molecule has 1 saturated carbocycles. The van der Waals surface area contributed by atoms with E-state index in [-0.39, 0.29) is 5.03 Å². The lowest BCUT2D eigenvalue weighted by molar-refractivity contribution is -0.00219. The highest BCUT2D eigenvalue weighted by atomic mass is 32.2. The molecule has 1 N–H and O–H groups in total. The standard InChI is InChI=1S/C17H26N2O3S/c1-17(2,3)23(20,21)16-7-6-14(11-18-16)19-13-8-9-22-15(10-13)12-4-5-12/h6-7,11-13,15,19H,4-5,8-10H2,1-3H3. The van der Waals surface area contributed by atoms with E-state index in [9.17, 15) is 8.42 Å². The normalized spacial score (nSPS) is 26.0. The number of pyridine rings is 1. The van der Waals surface area contributed by atoms with Crippen LogP contribution in [-0.4, -0.2) is 36.9 Å². The maximum absolute atomic E-state index is 12.4. The molecule has 128 valence electrons. The van der Waals surface area contributed by atoms with Gasteiger partial charge in [-0.3, -0.25) is 0 Å². The highest BCUT2D eigenvalue weighted by Gasteiger charge is 2.36. The van der Waals surface area contributed by atoms with Crippen LogP contribution in [0.25, 0.3) is 0 Å². The van der Waals surface area contributed by atoms with Crippen molar-refractivity contribution in [2.75, 3.05) is 11.9 Å². The first kappa shape index (κ1) is 16.7. The maximum Gasteiger partial charge on any atom is 0.200 e. The van der Waals surface area contributed by atoms with Crippen LogP contribution in [0.15, 0.2) is 23.4 Å². The SMILES string of the molecule is CC(C)(C)S(=O)(=O)c1ccc(NC2CCOC(C3CC3)C2)cn1. The zero-order valence-electron chi connectivity index (χ0n) is 14.1. The molecule has 23 heavy (non-hydrogen) atoms. The molecule has 2 fully saturated rings.